The zero-order valence-corrected chi connectivity index (χ0v) is 14.3. The Bertz CT molecular complexity index is 634. The molecule has 25 heavy (non-hydrogen) atoms. The van der Waals surface area contributed by atoms with Crippen molar-refractivity contribution in [2.45, 2.75) is 38.6 Å². The quantitative estimate of drug-likeness (QED) is 0.724. The number of rotatable bonds is 6. The minimum absolute atomic E-state index is 0.0775. The maximum absolute atomic E-state index is 12.1. The number of primary amides is 1. The van der Waals surface area contributed by atoms with E-state index in [4.69, 9.17) is 15.4 Å². The highest BCUT2D eigenvalue weighted by Crippen LogP contribution is 2.39. The maximum atomic E-state index is 12.1. The van der Waals surface area contributed by atoms with Crippen LogP contribution in [-0.4, -0.2) is 69.6 Å². The molecule has 2 fully saturated rings. The van der Waals surface area contributed by atoms with Gasteiger partial charge in [-0.25, -0.2) is 0 Å². The summed E-state index contributed by atoms with van der Waals surface area (Å²) >= 11 is 0. The fourth-order valence-electron chi connectivity index (χ4n) is 3.96. The Labute approximate surface area is 146 Å². The van der Waals surface area contributed by atoms with Gasteiger partial charge in [0.25, 0.3) is 11.7 Å². The van der Waals surface area contributed by atoms with Gasteiger partial charge in [-0.1, -0.05) is 5.16 Å². The normalized spacial score (nSPS) is 24.8. The summed E-state index contributed by atoms with van der Waals surface area (Å²) in [5.74, 6) is -0.232. The largest absolute Gasteiger partial charge is 0.396 e. The van der Waals surface area contributed by atoms with Gasteiger partial charge in [0.15, 0.2) is 0 Å². The van der Waals surface area contributed by atoms with Gasteiger partial charge in [-0.3, -0.25) is 14.5 Å². The summed E-state index contributed by atoms with van der Waals surface area (Å²) in [5.41, 5.74) is 5.22. The Balaban J connectivity index is 1.63. The van der Waals surface area contributed by atoms with Gasteiger partial charge in [0, 0.05) is 38.1 Å². The Morgan fingerprint density at radius 1 is 1.36 bits per heavy atom. The summed E-state index contributed by atoms with van der Waals surface area (Å²) in [6.07, 6.45) is 4.19. The zero-order valence-electron chi connectivity index (χ0n) is 14.3. The topological polar surface area (TPSA) is 126 Å². The van der Waals surface area contributed by atoms with Gasteiger partial charge in [0.05, 0.1) is 6.54 Å². The van der Waals surface area contributed by atoms with Crippen LogP contribution in [0.2, 0.25) is 0 Å². The SMILES string of the molecule is NC(=O)c1noc(CN2CCC[C@]3(CCC(=O)N(CCCO)C3)C2)n1. The molecule has 2 aliphatic rings. The molecule has 0 aliphatic carbocycles. The molecule has 3 rings (SSSR count). The monoisotopic (exact) mass is 351 g/mol. The van der Waals surface area contributed by atoms with E-state index in [0.29, 0.717) is 31.8 Å². The highest BCUT2D eigenvalue weighted by molar-refractivity contribution is 5.88. The summed E-state index contributed by atoms with van der Waals surface area (Å²) in [4.78, 5) is 31.3. The molecule has 9 nitrogen and oxygen atoms in total. The molecule has 2 aliphatic heterocycles. The fraction of sp³-hybridized carbons (Fsp3) is 0.750. The predicted octanol–water partition coefficient (Wildman–Crippen LogP) is -0.245. The van der Waals surface area contributed by atoms with Gasteiger partial charge >= 0.3 is 0 Å². The summed E-state index contributed by atoms with van der Waals surface area (Å²) in [5, 5.41) is 12.6. The van der Waals surface area contributed by atoms with E-state index in [1.165, 1.54) is 0 Å². The highest BCUT2D eigenvalue weighted by atomic mass is 16.5. The molecule has 2 saturated heterocycles. The number of likely N-dealkylation sites (tertiary alicyclic amines) is 2. The van der Waals surface area contributed by atoms with Gasteiger partial charge in [-0.15, -0.1) is 0 Å². The van der Waals surface area contributed by atoms with E-state index in [-0.39, 0.29) is 23.8 Å². The van der Waals surface area contributed by atoms with Crippen LogP contribution in [0.1, 0.15) is 48.6 Å². The molecule has 0 unspecified atom stereocenters. The molecule has 9 heteroatoms. The average Bonchev–Trinajstić information content (AvgIpc) is 3.05. The highest BCUT2D eigenvalue weighted by Gasteiger charge is 2.41. The molecule has 3 N–H and O–H groups in total. The van der Waals surface area contributed by atoms with Gasteiger partial charge in [-0.05, 0) is 32.2 Å². The molecule has 0 radical (unpaired) electrons. The number of aromatic nitrogens is 2. The summed E-state index contributed by atoms with van der Waals surface area (Å²) < 4.78 is 5.10. The average molecular weight is 351 g/mol. The smallest absolute Gasteiger partial charge is 0.290 e. The number of carbonyl (C=O) groups excluding carboxylic acids is 2. The number of nitrogens with zero attached hydrogens (tertiary/aromatic N) is 4. The van der Waals surface area contributed by atoms with Crippen molar-refractivity contribution < 1.29 is 19.2 Å². The van der Waals surface area contributed by atoms with Crippen LogP contribution in [0.5, 0.6) is 0 Å². The van der Waals surface area contributed by atoms with E-state index in [2.05, 4.69) is 15.0 Å². The molecule has 1 atom stereocenters. The molecule has 1 aromatic heterocycles. The van der Waals surface area contributed by atoms with Crippen LogP contribution in [0.15, 0.2) is 4.52 Å². The third kappa shape index (κ3) is 4.16. The molecular weight excluding hydrogens is 326 g/mol. The molecule has 0 bridgehead atoms. The van der Waals surface area contributed by atoms with Crippen molar-refractivity contribution in [3.8, 4) is 0 Å². The van der Waals surface area contributed by atoms with Gasteiger partial charge in [0.1, 0.15) is 0 Å². The summed E-state index contributed by atoms with van der Waals surface area (Å²) in [7, 11) is 0. The maximum Gasteiger partial charge on any atom is 0.290 e. The molecule has 2 amide bonds. The number of hydrogen-bond acceptors (Lipinski definition) is 7. The number of hydrogen-bond donors (Lipinski definition) is 2. The lowest BCUT2D eigenvalue weighted by Gasteiger charge is -2.48. The lowest BCUT2D eigenvalue weighted by Crippen LogP contribution is -2.54. The van der Waals surface area contributed by atoms with Gasteiger partial charge < -0.3 is 20.3 Å². The van der Waals surface area contributed by atoms with Crippen LogP contribution in [0.3, 0.4) is 0 Å². The fourth-order valence-corrected chi connectivity index (χ4v) is 3.96. The third-order valence-electron chi connectivity index (χ3n) is 5.12. The van der Waals surface area contributed by atoms with Crippen molar-refractivity contribution in [1.82, 2.24) is 19.9 Å². The van der Waals surface area contributed by atoms with E-state index in [1.54, 1.807) is 0 Å². The first-order chi connectivity index (χ1) is 12.0. The minimum Gasteiger partial charge on any atom is -0.396 e. The van der Waals surface area contributed by atoms with E-state index in [9.17, 15) is 9.59 Å². The van der Waals surface area contributed by atoms with Crippen LogP contribution in [0, 0.1) is 5.41 Å². The van der Waals surface area contributed by atoms with Crippen molar-refractivity contribution in [3.05, 3.63) is 11.7 Å². The molecular formula is C16H25N5O4. The van der Waals surface area contributed by atoms with Crippen LogP contribution < -0.4 is 5.73 Å². The Morgan fingerprint density at radius 2 is 2.20 bits per heavy atom. The molecule has 1 aromatic rings. The number of carbonyl (C=O) groups is 2. The standard InChI is InChI=1S/C16H25N5O4/c17-14(24)15-18-12(25-19-15)9-20-6-1-4-16(10-20)5-3-13(23)21(11-16)7-2-8-22/h22H,1-11H2,(H2,17,24)/t16-/m0/s1. The summed E-state index contributed by atoms with van der Waals surface area (Å²) in [6, 6.07) is 0. The lowest BCUT2D eigenvalue weighted by molar-refractivity contribution is -0.139. The Hall–Kier alpha value is -2.00. The van der Waals surface area contributed by atoms with E-state index >= 15 is 0 Å². The van der Waals surface area contributed by atoms with Gasteiger partial charge in [0.2, 0.25) is 11.8 Å². The van der Waals surface area contributed by atoms with Crippen molar-refractivity contribution in [1.29, 1.82) is 0 Å². The van der Waals surface area contributed by atoms with E-state index in [0.717, 1.165) is 38.9 Å². The van der Waals surface area contributed by atoms with Crippen molar-refractivity contribution in [3.63, 3.8) is 0 Å². The Kier molecular flexibility index (Phi) is 5.33. The van der Waals surface area contributed by atoms with E-state index < -0.39 is 5.91 Å². The number of amides is 2. The van der Waals surface area contributed by atoms with Crippen LogP contribution in [-0.2, 0) is 11.3 Å². The van der Waals surface area contributed by atoms with Crippen molar-refractivity contribution in [2.24, 2.45) is 11.1 Å². The van der Waals surface area contributed by atoms with Crippen LogP contribution in [0.4, 0.5) is 0 Å². The first-order valence-corrected chi connectivity index (χ1v) is 8.75. The third-order valence-corrected chi connectivity index (χ3v) is 5.12. The number of nitrogens with two attached hydrogens (primary N) is 1. The summed E-state index contributed by atoms with van der Waals surface area (Å²) in [6.45, 7) is 3.70. The Morgan fingerprint density at radius 3 is 2.92 bits per heavy atom. The number of piperidine rings is 2. The first kappa shape index (κ1) is 17.8. The molecule has 3 heterocycles. The van der Waals surface area contributed by atoms with E-state index in [1.807, 2.05) is 4.90 Å². The molecule has 1 spiro atoms. The van der Waals surface area contributed by atoms with Crippen LogP contribution in [0.25, 0.3) is 0 Å². The first-order valence-electron chi connectivity index (χ1n) is 8.75. The van der Waals surface area contributed by atoms with Crippen LogP contribution >= 0.6 is 0 Å². The second-order valence-electron chi connectivity index (χ2n) is 7.08. The van der Waals surface area contributed by atoms with Gasteiger partial charge in [-0.2, -0.15) is 4.98 Å². The molecule has 0 saturated carbocycles. The second-order valence-corrected chi connectivity index (χ2v) is 7.08. The zero-order chi connectivity index (χ0) is 17.9. The molecule has 138 valence electrons. The molecule has 0 aromatic carbocycles. The van der Waals surface area contributed by atoms with Crippen molar-refractivity contribution >= 4 is 11.8 Å². The number of aliphatic hydroxyl groups is 1. The lowest BCUT2D eigenvalue weighted by atomic mass is 9.73. The predicted molar refractivity (Wildman–Crippen MR) is 87.3 cm³/mol. The second kappa shape index (κ2) is 7.49. The number of aliphatic hydroxyl groups excluding tert-OH is 1. The minimum atomic E-state index is -0.699. The van der Waals surface area contributed by atoms with Crippen molar-refractivity contribution in [2.75, 3.05) is 32.8 Å².